The van der Waals surface area contributed by atoms with Gasteiger partial charge in [-0.3, -0.25) is 9.59 Å². The topological polar surface area (TPSA) is 57.6 Å². The first kappa shape index (κ1) is 17.2. The molecule has 4 nitrogen and oxygen atoms in total. The van der Waals surface area contributed by atoms with E-state index in [1.54, 1.807) is 7.05 Å². The van der Waals surface area contributed by atoms with E-state index >= 15 is 0 Å². The van der Waals surface area contributed by atoms with Crippen LogP contribution in [-0.4, -0.2) is 35.5 Å². The third-order valence-corrected chi connectivity index (χ3v) is 3.50. The molecule has 1 aromatic rings. The molecule has 0 aliphatic heterocycles. The predicted molar refractivity (Wildman–Crippen MR) is 83.3 cm³/mol. The molecule has 116 valence electrons. The Hall–Kier alpha value is -1.84. The van der Waals surface area contributed by atoms with Crippen LogP contribution in [0.15, 0.2) is 24.3 Å². The minimum atomic E-state index is -0.888. The van der Waals surface area contributed by atoms with Crippen LogP contribution in [0.4, 0.5) is 0 Å². The van der Waals surface area contributed by atoms with Crippen molar-refractivity contribution in [3.8, 4) is 0 Å². The highest BCUT2D eigenvalue weighted by Crippen LogP contribution is 2.20. The van der Waals surface area contributed by atoms with Crippen molar-refractivity contribution in [2.75, 3.05) is 13.6 Å². The average Bonchev–Trinajstić information content (AvgIpc) is 2.42. The number of aliphatic carboxylic acids is 1. The molecule has 0 fully saturated rings. The lowest BCUT2D eigenvalue weighted by molar-refractivity contribution is -0.138. The summed E-state index contributed by atoms with van der Waals surface area (Å²) in [7, 11) is 1.65. The fourth-order valence-corrected chi connectivity index (χ4v) is 2.31. The van der Waals surface area contributed by atoms with Crippen molar-refractivity contribution in [3.63, 3.8) is 0 Å². The zero-order valence-corrected chi connectivity index (χ0v) is 13.3. The van der Waals surface area contributed by atoms with Crippen LogP contribution in [0.2, 0.25) is 0 Å². The second-order valence-corrected chi connectivity index (χ2v) is 5.97. The fraction of sp³-hybridized carbons (Fsp3) is 0.529. The SMILES string of the molecule is CC(C)Cc1cccc(C(C)C(=O)N(C)CCC(=O)O)c1. The van der Waals surface area contributed by atoms with Crippen LogP contribution in [0.25, 0.3) is 0 Å². The minimum absolute atomic E-state index is 0.0254. The Morgan fingerprint density at radius 3 is 2.48 bits per heavy atom. The van der Waals surface area contributed by atoms with Crippen molar-refractivity contribution in [2.24, 2.45) is 5.92 Å². The third-order valence-electron chi connectivity index (χ3n) is 3.50. The normalized spacial score (nSPS) is 12.2. The maximum atomic E-state index is 12.3. The molecule has 21 heavy (non-hydrogen) atoms. The van der Waals surface area contributed by atoms with Crippen LogP contribution in [-0.2, 0) is 16.0 Å². The van der Waals surface area contributed by atoms with E-state index in [2.05, 4.69) is 26.0 Å². The number of benzene rings is 1. The van der Waals surface area contributed by atoms with Gasteiger partial charge in [-0.15, -0.1) is 0 Å². The Kier molecular flexibility index (Phi) is 6.40. The second kappa shape index (κ2) is 7.81. The summed E-state index contributed by atoms with van der Waals surface area (Å²) in [6.45, 7) is 6.44. The number of amides is 1. The molecule has 0 bridgehead atoms. The second-order valence-electron chi connectivity index (χ2n) is 5.97. The molecule has 1 rings (SSSR count). The summed E-state index contributed by atoms with van der Waals surface area (Å²) in [5.74, 6) is -0.611. The number of rotatable bonds is 7. The van der Waals surface area contributed by atoms with Gasteiger partial charge in [-0.2, -0.15) is 0 Å². The molecule has 0 radical (unpaired) electrons. The number of carboxylic acid groups (broad SMARTS) is 1. The summed E-state index contributed by atoms with van der Waals surface area (Å²) in [6.07, 6.45) is 0.964. The van der Waals surface area contributed by atoms with Gasteiger partial charge in [-0.25, -0.2) is 0 Å². The molecular weight excluding hydrogens is 266 g/mol. The first-order valence-electron chi connectivity index (χ1n) is 7.37. The van der Waals surface area contributed by atoms with Gasteiger partial charge in [0.25, 0.3) is 0 Å². The van der Waals surface area contributed by atoms with Crippen molar-refractivity contribution in [2.45, 2.75) is 39.5 Å². The van der Waals surface area contributed by atoms with Crippen molar-refractivity contribution in [1.82, 2.24) is 4.90 Å². The number of carboxylic acids is 1. The number of carbonyl (C=O) groups excluding carboxylic acids is 1. The zero-order valence-electron chi connectivity index (χ0n) is 13.3. The summed E-state index contributed by atoms with van der Waals surface area (Å²) in [5, 5.41) is 8.68. The molecule has 0 heterocycles. The van der Waals surface area contributed by atoms with Crippen LogP contribution in [0.3, 0.4) is 0 Å². The number of likely N-dealkylation sites (N-methyl/N-ethyl adjacent to an activating group) is 1. The van der Waals surface area contributed by atoms with Gasteiger partial charge in [0.05, 0.1) is 12.3 Å². The molecular formula is C17H25NO3. The fourth-order valence-electron chi connectivity index (χ4n) is 2.31. The summed E-state index contributed by atoms with van der Waals surface area (Å²) >= 11 is 0. The molecule has 1 atom stereocenters. The highest BCUT2D eigenvalue weighted by atomic mass is 16.4. The van der Waals surface area contributed by atoms with E-state index in [4.69, 9.17) is 5.11 Å². The minimum Gasteiger partial charge on any atom is -0.481 e. The molecule has 0 saturated heterocycles. The summed E-state index contributed by atoms with van der Waals surface area (Å²) in [5.41, 5.74) is 2.22. The van der Waals surface area contributed by atoms with E-state index in [1.807, 2.05) is 19.1 Å². The predicted octanol–water partition coefficient (Wildman–Crippen LogP) is 2.92. The maximum absolute atomic E-state index is 12.3. The number of hydrogen-bond donors (Lipinski definition) is 1. The number of hydrogen-bond acceptors (Lipinski definition) is 2. The maximum Gasteiger partial charge on any atom is 0.305 e. The quantitative estimate of drug-likeness (QED) is 0.840. The van der Waals surface area contributed by atoms with Gasteiger partial charge in [0.1, 0.15) is 0 Å². The lowest BCUT2D eigenvalue weighted by Crippen LogP contribution is -2.32. The Morgan fingerprint density at radius 2 is 1.90 bits per heavy atom. The van der Waals surface area contributed by atoms with Gasteiger partial charge in [0, 0.05) is 13.6 Å². The smallest absolute Gasteiger partial charge is 0.305 e. The molecule has 1 amide bonds. The molecule has 1 aromatic carbocycles. The molecule has 0 aliphatic rings. The van der Waals surface area contributed by atoms with Crippen molar-refractivity contribution >= 4 is 11.9 Å². The summed E-state index contributed by atoms with van der Waals surface area (Å²) < 4.78 is 0. The van der Waals surface area contributed by atoms with Gasteiger partial charge in [0.15, 0.2) is 0 Å². The van der Waals surface area contributed by atoms with Crippen LogP contribution in [0.5, 0.6) is 0 Å². The van der Waals surface area contributed by atoms with Crippen LogP contribution in [0, 0.1) is 5.92 Å². The largest absolute Gasteiger partial charge is 0.481 e. The van der Waals surface area contributed by atoms with Crippen LogP contribution in [0.1, 0.15) is 44.2 Å². The zero-order chi connectivity index (χ0) is 16.0. The molecule has 0 saturated carbocycles. The molecule has 0 aromatic heterocycles. The Morgan fingerprint density at radius 1 is 1.24 bits per heavy atom. The number of carbonyl (C=O) groups is 2. The summed E-state index contributed by atoms with van der Waals surface area (Å²) in [4.78, 5) is 24.4. The van der Waals surface area contributed by atoms with E-state index in [0.717, 1.165) is 12.0 Å². The van der Waals surface area contributed by atoms with Crippen LogP contribution >= 0.6 is 0 Å². The Balaban J connectivity index is 2.75. The van der Waals surface area contributed by atoms with Crippen molar-refractivity contribution in [3.05, 3.63) is 35.4 Å². The van der Waals surface area contributed by atoms with E-state index in [0.29, 0.717) is 5.92 Å². The first-order chi connectivity index (χ1) is 9.81. The summed E-state index contributed by atoms with van der Waals surface area (Å²) in [6, 6.07) is 8.09. The molecule has 1 unspecified atom stereocenters. The number of nitrogens with zero attached hydrogens (tertiary/aromatic N) is 1. The Labute approximate surface area is 126 Å². The van der Waals surface area contributed by atoms with Crippen molar-refractivity contribution < 1.29 is 14.7 Å². The monoisotopic (exact) mass is 291 g/mol. The molecule has 0 aliphatic carbocycles. The van der Waals surface area contributed by atoms with Gasteiger partial charge in [0.2, 0.25) is 5.91 Å². The van der Waals surface area contributed by atoms with E-state index in [-0.39, 0.29) is 24.8 Å². The lowest BCUT2D eigenvalue weighted by Gasteiger charge is -2.21. The molecule has 1 N–H and O–H groups in total. The molecule has 4 heteroatoms. The van der Waals surface area contributed by atoms with Gasteiger partial charge in [-0.1, -0.05) is 38.1 Å². The lowest BCUT2D eigenvalue weighted by atomic mass is 9.94. The first-order valence-corrected chi connectivity index (χ1v) is 7.37. The van der Waals surface area contributed by atoms with Gasteiger partial charge < -0.3 is 10.0 Å². The van der Waals surface area contributed by atoms with E-state index < -0.39 is 5.97 Å². The van der Waals surface area contributed by atoms with Gasteiger partial charge >= 0.3 is 5.97 Å². The molecule has 0 spiro atoms. The van der Waals surface area contributed by atoms with Crippen molar-refractivity contribution in [1.29, 1.82) is 0 Å². The van der Waals surface area contributed by atoms with Crippen LogP contribution < -0.4 is 0 Å². The van der Waals surface area contributed by atoms with Gasteiger partial charge in [-0.05, 0) is 30.4 Å². The van der Waals surface area contributed by atoms with E-state index in [1.165, 1.54) is 10.5 Å². The highest BCUT2D eigenvalue weighted by Gasteiger charge is 2.20. The average molecular weight is 291 g/mol. The standard InChI is InChI=1S/C17H25NO3/c1-12(2)10-14-6-5-7-15(11-14)13(3)17(21)18(4)9-8-16(19)20/h5-7,11-13H,8-10H2,1-4H3,(H,19,20). The third kappa shape index (κ3) is 5.58. The Bertz CT molecular complexity index is 497. The van der Waals surface area contributed by atoms with E-state index in [9.17, 15) is 9.59 Å². The highest BCUT2D eigenvalue weighted by molar-refractivity contribution is 5.83.